The predicted octanol–water partition coefficient (Wildman–Crippen LogP) is -3.11. The van der Waals surface area contributed by atoms with Crippen molar-refractivity contribution in [3.05, 3.63) is 11.1 Å². The van der Waals surface area contributed by atoms with Gasteiger partial charge in [0.05, 0.1) is 44.2 Å². The van der Waals surface area contributed by atoms with Crippen molar-refractivity contribution in [2.45, 2.75) is 50.4 Å². The van der Waals surface area contributed by atoms with Gasteiger partial charge in [-0.25, -0.2) is 9.59 Å². The topological polar surface area (TPSA) is 199 Å². The standard InChI is InChI=1S/C21H32N2O12/c1-11(25)23-16-18(28)17(27)14(9-24)34-21(16)33-8-7-32-6-5-22-15(26)4-3-12-13(10-31-2)20(30)35-19(12)29/h14,16-18,21,24,27-28H,3-10H2,1-2H3,(H,22,26)(H,23,25). The van der Waals surface area contributed by atoms with Crippen LogP contribution < -0.4 is 10.6 Å². The third kappa shape index (κ3) is 8.31. The molecule has 5 unspecified atom stereocenters. The summed E-state index contributed by atoms with van der Waals surface area (Å²) in [6.45, 7) is 1.03. The normalized spacial score (nSPS) is 26.6. The van der Waals surface area contributed by atoms with Gasteiger partial charge in [-0.3, -0.25) is 9.59 Å². The van der Waals surface area contributed by atoms with Gasteiger partial charge in [-0.1, -0.05) is 0 Å². The van der Waals surface area contributed by atoms with Gasteiger partial charge in [0.15, 0.2) is 6.29 Å². The third-order valence-corrected chi connectivity index (χ3v) is 5.26. The Kier molecular flexibility index (Phi) is 11.7. The number of cyclic esters (lactones) is 2. The van der Waals surface area contributed by atoms with E-state index in [1.54, 1.807) is 0 Å². The van der Waals surface area contributed by atoms with Crippen LogP contribution in [0.5, 0.6) is 0 Å². The van der Waals surface area contributed by atoms with Crippen molar-refractivity contribution in [2.75, 3.05) is 46.7 Å². The summed E-state index contributed by atoms with van der Waals surface area (Å²) in [7, 11) is 1.38. The molecule has 0 aliphatic carbocycles. The Labute approximate surface area is 201 Å². The van der Waals surface area contributed by atoms with Crippen molar-refractivity contribution >= 4 is 23.8 Å². The van der Waals surface area contributed by atoms with E-state index in [4.69, 9.17) is 18.9 Å². The van der Waals surface area contributed by atoms with Gasteiger partial charge in [0, 0.05) is 27.0 Å². The number of esters is 2. The van der Waals surface area contributed by atoms with Gasteiger partial charge in [0.2, 0.25) is 11.8 Å². The van der Waals surface area contributed by atoms with E-state index >= 15 is 0 Å². The highest BCUT2D eigenvalue weighted by atomic mass is 16.7. The molecule has 14 nitrogen and oxygen atoms in total. The third-order valence-electron chi connectivity index (χ3n) is 5.26. The molecule has 0 aromatic rings. The Bertz CT molecular complexity index is 801. The minimum absolute atomic E-state index is 0.00222. The molecule has 1 saturated heterocycles. The van der Waals surface area contributed by atoms with Crippen LogP contribution in [0.15, 0.2) is 11.1 Å². The van der Waals surface area contributed by atoms with E-state index < -0.39 is 55.1 Å². The Morgan fingerprint density at radius 2 is 1.77 bits per heavy atom. The first-order valence-electron chi connectivity index (χ1n) is 11.0. The SMILES string of the molecule is COCC1=C(CCC(=O)NCCOCCOC2OC(CO)C(O)C(O)C2NC(C)=O)C(=O)OC1=O. The molecule has 0 aromatic heterocycles. The summed E-state index contributed by atoms with van der Waals surface area (Å²) in [5.74, 6) is -2.34. The lowest BCUT2D eigenvalue weighted by atomic mass is 9.97. The highest BCUT2D eigenvalue weighted by molar-refractivity contribution is 6.12. The van der Waals surface area contributed by atoms with Crippen molar-refractivity contribution in [3.8, 4) is 0 Å². The van der Waals surface area contributed by atoms with E-state index in [0.29, 0.717) is 0 Å². The molecule has 2 rings (SSSR count). The van der Waals surface area contributed by atoms with Crippen LogP contribution in [-0.4, -0.2) is 116 Å². The molecule has 198 valence electrons. The Hall–Kier alpha value is -2.46. The van der Waals surface area contributed by atoms with Crippen LogP contribution in [0.3, 0.4) is 0 Å². The van der Waals surface area contributed by atoms with E-state index in [0.717, 1.165) is 0 Å². The molecule has 2 heterocycles. The van der Waals surface area contributed by atoms with Crippen LogP contribution in [0.2, 0.25) is 0 Å². The molecule has 2 aliphatic heterocycles. The summed E-state index contributed by atoms with van der Waals surface area (Å²) in [5.41, 5.74) is 0.243. The number of hydrogen-bond donors (Lipinski definition) is 5. The molecule has 0 bridgehead atoms. The maximum absolute atomic E-state index is 12.0. The lowest BCUT2D eigenvalue weighted by molar-refractivity contribution is -0.272. The zero-order valence-electron chi connectivity index (χ0n) is 19.6. The highest BCUT2D eigenvalue weighted by Gasteiger charge is 2.45. The number of aliphatic hydroxyl groups excluding tert-OH is 3. The average molecular weight is 504 g/mol. The number of hydrogen-bond acceptors (Lipinski definition) is 12. The number of carbonyl (C=O) groups is 4. The molecule has 35 heavy (non-hydrogen) atoms. The number of ether oxygens (including phenoxy) is 5. The number of aliphatic hydroxyl groups is 3. The summed E-state index contributed by atoms with van der Waals surface area (Å²) in [6.07, 6.45) is -5.00. The minimum atomic E-state index is -1.41. The predicted molar refractivity (Wildman–Crippen MR) is 114 cm³/mol. The quantitative estimate of drug-likeness (QED) is 0.0907. The number of methoxy groups -OCH3 is 1. The van der Waals surface area contributed by atoms with E-state index in [2.05, 4.69) is 15.4 Å². The van der Waals surface area contributed by atoms with Crippen molar-refractivity contribution in [1.29, 1.82) is 0 Å². The smallest absolute Gasteiger partial charge is 0.344 e. The van der Waals surface area contributed by atoms with Gasteiger partial charge in [-0.05, 0) is 6.42 Å². The average Bonchev–Trinajstić information content (AvgIpc) is 3.08. The van der Waals surface area contributed by atoms with Gasteiger partial charge >= 0.3 is 11.9 Å². The summed E-state index contributed by atoms with van der Waals surface area (Å²) in [5, 5.41) is 34.5. The van der Waals surface area contributed by atoms with Gasteiger partial charge < -0.3 is 49.6 Å². The van der Waals surface area contributed by atoms with Gasteiger partial charge in [0.1, 0.15) is 24.4 Å². The minimum Gasteiger partial charge on any atom is -0.394 e. The van der Waals surface area contributed by atoms with E-state index in [1.165, 1.54) is 14.0 Å². The summed E-state index contributed by atoms with van der Waals surface area (Å²) < 4.78 is 25.7. The fourth-order valence-electron chi connectivity index (χ4n) is 3.52. The van der Waals surface area contributed by atoms with E-state index in [1.807, 2.05) is 0 Å². The summed E-state index contributed by atoms with van der Waals surface area (Å²) in [4.78, 5) is 46.7. The van der Waals surface area contributed by atoms with Crippen LogP contribution >= 0.6 is 0 Å². The van der Waals surface area contributed by atoms with Crippen molar-refractivity contribution in [2.24, 2.45) is 0 Å². The molecule has 5 atom stereocenters. The van der Waals surface area contributed by atoms with Crippen molar-refractivity contribution in [1.82, 2.24) is 10.6 Å². The maximum atomic E-state index is 12.0. The van der Waals surface area contributed by atoms with Gasteiger partial charge in [-0.2, -0.15) is 0 Å². The monoisotopic (exact) mass is 504 g/mol. The van der Waals surface area contributed by atoms with Crippen LogP contribution in [0, 0.1) is 0 Å². The second-order valence-corrected chi connectivity index (χ2v) is 7.83. The second kappa shape index (κ2) is 14.2. The summed E-state index contributed by atoms with van der Waals surface area (Å²) >= 11 is 0. The van der Waals surface area contributed by atoms with E-state index in [9.17, 15) is 34.5 Å². The molecular formula is C21H32N2O12. The lowest BCUT2D eigenvalue weighted by Crippen LogP contribution is -2.64. The van der Waals surface area contributed by atoms with Crippen LogP contribution in [0.25, 0.3) is 0 Å². The Balaban J connectivity index is 1.66. The number of nitrogens with one attached hydrogen (secondary N) is 2. The van der Waals surface area contributed by atoms with Gasteiger partial charge in [0.25, 0.3) is 0 Å². The maximum Gasteiger partial charge on any atom is 0.344 e. The zero-order valence-corrected chi connectivity index (χ0v) is 19.6. The Morgan fingerprint density at radius 1 is 1.06 bits per heavy atom. The second-order valence-electron chi connectivity index (χ2n) is 7.83. The number of rotatable bonds is 14. The van der Waals surface area contributed by atoms with Crippen LogP contribution in [0.4, 0.5) is 0 Å². The van der Waals surface area contributed by atoms with Gasteiger partial charge in [-0.15, -0.1) is 0 Å². The molecule has 2 amide bonds. The molecule has 2 aliphatic rings. The summed E-state index contributed by atoms with van der Waals surface area (Å²) in [6, 6.07) is -1.04. The van der Waals surface area contributed by atoms with Crippen LogP contribution in [0.1, 0.15) is 19.8 Å². The highest BCUT2D eigenvalue weighted by Crippen LogP contribution is 2.23. The molecule has 0 spiro atoms. The Morgan fingerprint density at radius 3 is 2.43 bits per heavy atom. The molecule has 1 fully saturated rings. The molecule has 0 radical (unpaired) electrons. The molecule has 0 saturated carbocycles. The molecule has 0 aromatic carbocycles. The fourth-order valence-corrected chi connectivity index (χ4v) is 3.52. The first-order valence-corrected chi connectivity index (χ1v) is 11.0. The van der Waals surface area contributed by atoms with Crippen molar-refractivity contribution < 1.29 is 58.2 Å². The number of amides is 2. The molecular weight excluding hydrogens is 472 g/mol. The zero-order chi connectivity index (χ0) is 26.0. The number of carbonyl (C=O) groups excluding carboxylic acids is 4. The van der Waals surface area contributed by atoms with Crippen molar-refractivity contribution in [3.63, 3.8) is 0 Å². The molecule has 14 heteroatoms. The first kappa shape index (κ1) is 28.8. The molecule has 5 N–H and O–H groups in total. The fraction of sp³-hybridized carbons (Fsp3) is 0.714. The van der Waals surface area contributed by atoms with E-state index in [-0.39, 0.29) is 62.9 Å². The van der Waals surface area contributed by atoms with Crippen LogP contribution in [-0.2, 0) is 42.9 Å². The first-order chi connectivity index (χ1) is 16.7. The largest absolute Gasteiger partial charge is 0.394 e. The lowest BCUT2D eigenvalue weighted by Gasteiger charge is -2.42.